The summed E-state index contributed by atoms with van der Waals surface area (Å²) in [6, 6.07) is 8.56. The predicted molar refractivity (Wildman–Crippen MR) is 85.5 cm³/mol. The molecule has 1 aromatic carbocycles. The van der Waals surface area contributed by atoms with Crippen LogP contribution in [-0.2, 0) is 0 Å². The molecule has 0 amide bonds. The summed E-state index contributed by atoms with van der Waals surface area (Å²) < 4.78 is 0. The lowest BCUT2D eigenvalue weighted by Gasteiger charge is -2.07. The van der Waals surface area contributed by atoms with E-state index in [2.05, 4.69) is 24.9 Å². The van der Waals surface area contributed by atoms with Crippen LogP contribution >= 0.6 is 23.4 Å². The Morgan fingerprint density at radius 2 is 2.26 bits per heavy atom. The Labute approximate surface area is 122 Å². The van der Waals surface area contributed by atoms with Gasteiger partial charge in [0.15, 0.2) is 0 Å². The summed E-state index contributed by atoms with van der Waals surface area (Å²) in [5, 5.41) is 3.09. The summed E-state index contributed by atoms with van der Waals surface area (Å²) in [4.78, 5) is 8.25. The molecule has 0 aliphatic carbocycles. The first-order valence-corrected chi connectivity index (χ1v) is 7.97. The number of benzene rings is 1. The lowest BCUT2D eigenvalue weighted by molar-refractivity contribution is 0.529. The number of aromatic amines is 1. The Bertz CT molecular complexity index is 630. The minimum absolute atomic E-state index is 0.468. The van der Waals surface area contributed by atoms with Crippen molar-refractivity contribution >= 4 is 39.3 Å². The molecule has 1 aliphatic heterocycles. The van der Waals surface area contributed by atoms with Crippen molar-refractivity contribution in [1.82, 2.24) is 4.98 Å². The number of rotatable bonds is 3. The van der Waals surface area contributed by atoms with E-state index in [0.29, 0.717) is 12.0 Å². The van der Waals surface area contributed by atoms with Gasteiger partial charge in [-0.15, -0.1) is 11.8 Å². The number of nitrogens with zero attached hydrogens (tertiary/aromatic N) is 1. The zero-order valence-electron chi connectivity index (χ0n) is 11.1. The maximum Gasteiger partial charge on any atom is 0.114 e. The maximum atomic E-state index is 6.01. The SMILES string of the molecule is CC(C)CC1CSC(c2cc3ccc(Cl)cc3[nH]2)=N1. The van der Waals surface area contributed by atoms with Crippen LogP contribution in [0.1, 0.15) is 26.0 Å². The van der Waals surface area contributed by atoms with Crippen molar-refractivity contribution in [3.8, 4) is 0 Å². The molecule has 0 spiro atoms. The number of halogens is 1. The Morgan fingerprint density at radius 3 is 3.05 bits per heavy atom. The summed E-state index contributed by atoms with van der Waals surface area (Å²) in [5.41, 5.74) is 2.20. The van der Waals surface area contributed by atoms with Crippen LogP contribution in [0.3, 0.4) is 0 Å². The highest BCUT2D eigenvalue weighted by Crippen LogP contribution is 2.28. The zero-order chi connectivity index (χ0) is 13.4. The van der Waals surface area contributed by atoms with Crippen LogP contribution in [0.25, 0.3) is 10.9 Å². The summed E-state index contributed by atoms with van der Waals surface area (Å²) in [6.45, 7) is 4.51. The van der Waals surface area contributed by atoms with Crippen LogP contribution in [0.4, 0.5) is 0 Å². The topological polar surface area (TPSA) is 28.1 Å². The molecule has 0 saturated carbocycles. The first-order valence-electron chi connectivity index (χ1n) is 6.61. The molecule has 3 rings (SSSR count). The van der Waals surface area contributed by atoms with Crippen molar-refractivity contribution in [2.24, 2.45) is 10.9 Å². The average molecular weight is 293 g/mol. The zero-order valence-corrected chi connectivity index (χ0v) is 12.7. The van der Waals surface area contributed by atoms with Gasteiger partial charge in [-0.05, 0) is 30.5 Å². The normalized spacial score (nSPS) is 19.4. The number of H-pyrrole nitrogens is 1. The van der Waals surface area contributed by atoms with Crippen molar-refractivity contribution in [2.45, 2.75) is 26.3 Å². The molecule has 2 heterocycles. The first-order chi connectivity index (χ1) is 9.11. The third-order valence-corrected chi connectivity index (χ3v) is 4.66. The minimum Gasteiger partial charge on any atom is -0.353 e. The monoisotopic (exact) mass is 292 g/mol. The standard InChI is InChI=1S/C15H17ClN2S/c1-9(2)5-12-8-19-15(17-12)14-6-10-3-4-11(16)7-13(10)18-14/h3-4,6-7,9,12,18H,5,8H2,1-2H3. The van der Waals surface area contributed by atoms with Crippen molar-refractivity contribution in [3.05, 3.63) is 35.0 Å². The van der Waals surface area contributed by atoms with Gasteiger partial charge in [-0.1, -0.05) is 31.5 Å². The van der Waals surface area contributed by atoms with Gasteiger partial charge in [0.1, 0.15) is 5.04 Å². The van der Waals surface area contributed by atoms with E-state index < -0.39 is 0 Å². The van der Waals surface area contributed by atoms with Gasteiger partial charge in [0.05, 0.1) is 11.7 Å². The van der Waals surface area contributed by atoms with Gasteiger partial charge in [0.25, 0.3) is 0 Å². The highest BCUT2D eigenvalue weighted by molar-refractivity contribution is 8.14. The van der Waals surface area contributed by atoms with Crippen LogP contribution in [0.2, 0.25) is 5.02 Å². The van der Waals surface area contributed by atoms with Gasteiger partial charge in [0, 0.05) is 21.7 Å². The summed E-state index contributed by atoms with van der Waals surface area (Å²) >= 11 is 7.86. The fourth-order valence-electron chi connectivity index (χ4n) is 2.44. The molecule has 19 heavy (non-hydrogen) atoms. The Hall–Kier alpha value is -0.930. The molecule has 0 fully saturated rings. The predicted octanol–water partition coefficient (Wildman–Crippen LogP) is 4.73. The number of hydrogen-bond donors (Lipinski definition) is 1. The number of hydrogen-bond acceptors (Lipinski definition) is 2. The van der Waals surface area contributed by atoms with Gasteiger partial charge in [-0.2, -0.15) is 0 Å². The Morgan fingerprint density at radius 1 is 1.42 bits per heavy atom. The largest absolute Gasteiger partial charge is 0.353 e. The second-order valence-corrected chi connectivity index (χ2v) is 6.89. The third-order valence-electron chi connectivity index (χ3n) is 3.27. The van der Waals surface area contributed by atoms with Gasteiger partial charge < -0.3 is 4.98 Å². The molecule has 0 bridgehead atoms. The quantitative estimate of drug-likeness (QED) is 0.870. The Balaban J connectivity index is 1.88. The van der Waals surface area contributed by atoms with Crippen LogP contribution in [0.5, 0.6) is 0 Å². The van der Waals surface area contributed by atoms with E-state index in [4.69, 9.17) is 16.6 Å². The van der Waals surface area contributed by atoms with Gasteiger partial charge >= 0.3 is 0 Å². The van der Waals surface area contributed by atoms with Crippen LogP contribution < -0.4 is 0 Å². The fourth-order valence-corrected chi connectivity index (χ4v) is 3.66. The first kappa shape index (κ1) is 13.1. The van der Waals surface area contributed by atoms with Crippen LogP contribution in [-0.4, -0.2) is 21.8 Å². The number of thioether (sulfide) groups is 1. The summed E-state index contributed by atoms with van der Waals surface area (Å²) in [5.74, 6) is 1.80. The number of fused-ring (bicyclic) bond motifs is 1. The molecule has 1 aromatic heterocycles. The Kier molecular flexibility index (Phi) is 3.59. The summed E-state index contributed by atoms with van der Waals surface area (Å²) in [6.07, 6.45) is 1.17. The van der Waals surface area contributed by atoms with Crippen molar-refractivity contribution < 1.29 is 0 Å². The van der Waals surface area contributed by atoms with E-state index in [0.717, 1.165) is 27.0 Å². The van der Waals surface area contributed by atoms with Crippen LogP contribution in [0.15, 0.2) is 29.3 Å². The molecule has 4 heteroatoms. The van der Waals surface area contributed by atoms with E-state index >= 15 is 0 Å². The van der Waals surface area contributed by atoms with Crippen molar-refractivity contribution in [1.29, 1.82) is 0 Å². The third kappa shape index (κ3) is 2.82. The lowest BCUT2D eigenvalue weighted by Crippen LogP contribution is -2.07. The van der Waals surface area contributed by atoms with Gasteiger partial charge in [0.2, 0.25) is 0 Å². The maximum absolute atomic E-state index is 6.01. The van der Waals surface area contributed by atoms with E-state index in [-0.39, 0.29) is 0 Å². The molecular weight excluding hydrogens is 276 g/mol. The summed E-state index contributed by atoms with van der Waals surface area (Å²) in [7, 11) is 0. The molecule has 1 unspecified atom stereocenters. The van der Waals surface area contributed by atoms with Gasteiger partial charge in [-0.25, -0.2) is 0 Å². The second-order valence-electron chi connectivity index (χ2n) is 5.44. The minimum atomic E-state index is 0.468. The number of aromatic nitrogens is 1. The molecule has 0 radical (unpaired) electrons. The number of nitrogens with one attached hydrogen (secondary N) is 1. The molecule has 2 nitrogen and oxygen atoms in total. The van der Waals surface area contributed by atoms with Crippen LogP contribution in [0, 0.1) is 5.92 Å². The smallest absolute Gasteiger partial charge is 0.114 e. The second kappa shape index (κ2) is 5.22. The van der Waals surface area contributed by atoms with Gasteiger partial charge in [-0.3, -0.25) is 4.99 Å². The molecule has 100 valence electrons. The number of aliphatic imine (C=N–C) groups is 1. The fraction of sp³-hybridized carbons (Fsp3) is 0.400. The van der Waals surface area contributed by atoms with Crippen molar-refractivity contribution in [3.63, 3.8) is 0 Å². The highest BCUT2D eigenvalue weighted by atomic mass is 35.5. The van der Waals surface area contributed by atoms with E-state index in [9.17, 15) is 0 Å². The highest BCUT2D eigenvalue weighted by Gasteiger charge is 2.21. The molecule has 1 aliphatic rings. The van der Waals surface area contributed by atoms with E-state index in [1.54, 1.807) is 0 Å². The molecule has 1 atom stereocenters. The molecule has 0 saturated heterocycles. The van der Waals surface area contributed by atoms with Crippen molar-refractivity contribution in [2.75, 3.05) is 5.75 Å². The average Bonchev–Trinajstić information content (AvgIpc) is 2.93. The van der Waals surface area contributed by atoms with E-state index in [1.807, 2.05) is 30.0 Å². The molecule has 1 N–H and O–H groups in total. The molecular formula is C15H17ClN2S. The lowest BCUT2D eigenvalue weighted by atomic mass is 10.1. The molecule has 2 aromatic rings. The van der Waals surface area contributed by atoms with E-state index in [1.165, 1.54) is 11.8 Å².